The molecule has 1 heterocycles. The van der Waals surface area contributed by atoms with E-state index in [1.54, 1.807) is 26.0 Å². The second-order valence-corrected chi connectivity index (χ2v) is 7.79. The van der Waals surface area contributed by atoms with Crippen LogP contribution in [0.5, 0.6) is 0 Å². The highest BCUT2D eigenvalue weighted by molar-refractivity contribution is 5.91. The van der Waals surface area contributed by atoms with Gasteiger partial charge in [-0.3, -0.25) is 14.2 Å². The number of carbonyl (C=O) groups excluding carboxylic acids is 1. The molecule has 0 aliphatic heterocycles. The van der Waals surface area contributed by atoms with Crippen molar-refractivity contribution in [2.75, 3.05) is 0 Å². The first kappa shape index (κ1) is 21.2. The first-order valence-corrected chi connectivity index (χ1v) is 9.97. The SMILES string of the molecule is CC(C)NC(=O)c1nn(-c2ccc(C(C)C)cc2)c(=O)n(Cc2ccccc2)c1=O. The molecule has 0 aliphatic carbocycles. The van der Waals surface area contributed by atoms with Crippen LogP contribution in [0.4, 0.5) is 0 Å². The van der Waals surface area contributed by atoms with E-state index in [1.165, 1.54) is 0 Å². The fourth-order valence-electron chi connectivity index (χ4n) is 3.06. The van der Waals surface area contributed by atoms with Crippen molar-refractivity contribution < 1.29 is 4.79 Å². The molecule has 3 rings (SSSR count). The highest BCUT2D eigenvalue weighted by atomic mass is 16.2. The second kappa shape index (κ2) is 8.90. The van der Waals surface area contributed by atoms with Crippen molar-refractivity contribution >= 4 is 5.91 Å². The summed E-state index contributed by atoms with van der Waals surface area (Å²) in [4.78, 5) is 38.7. The second-order valence-electron chi connectivity index (χ2n) is 7.79. The molecule has 0 spiro atoms. The zero-order chi connectivity index (χ0) is 21.8. The number of hydrogen-bond donors (Lipinski definition) is 1. The molecule has 0 aliphatic rings. The Bertz CT molecular complexity index is 1140. The van der Waals surface area contributed by atoms with Gasteiger partial charge in [0.25, 0.3) is 11.5 Å². The Morgan fingerprint density at radius 2 is 1.60 bits per heavy atom. The summed E-state index contributed by atoms with van der Waals surface area (Å²) >= 11 is 0. The molecule has 0 bridgehead atoms. The van der Waals surface area contributed by atoms with Crippen molar-refractivity contribution in [3.8, 4) is 5.69 Å². The van der Waals surface area contributed by atoms with Gasteiger partial charge in [-0.1, -0.05) is 56.3 Å². The molecule has 0 atom stereocenters. The summed E-state index contributed by atoms with van der Waals surface area (Å²) in [5.74, 6) is -0.271. The molecule has 0 saturated heterocycles. The van der Waals surface area contributed by atoms with E-state index in [0.717, 1.165) is 20.4 Å². The molecule has 156 valence electrons. The molecule has 1 aromatic heterocycles. The van der Waals surface area contributed by atoms with Gasteiger partial charge < -0.3 is 5.32 Å². The van der Waals surface area contributed by atoms with Crippen molar-refractivity contribution in [2.24, 2.45) is 0 Å². The standard InChI is InChI=1S/C23H26N4O3/c1-15(2)18-10-12-19(13-11-18)27-23(30)26(14-17-8-6-5-7-9-17)22(29)20(25-27)21(28)24-16(3)4/h5-13,15-16H,14H2,1-4H3,(H,24,28). The van der Waals surface area contributed by atoms with E-state index >= 15 is 0 Å². The number of hydrogen-bond acceptors (Lipinski definition) is 4. The van der Waals surface area contributed by atoms with Gasteiger partial charge in [0, 0.05) is 6.04 Å². The Morgan fingerprint density at radius 1 is 0.967 bits per heavy atom. The lowest BCUT2D eigenvalue weighted by Crippen LogP contribution is -2.46. The van der Waals surface area contributed by atoms with Crippen LogP contribution in [0.15, 0.2) is 64.2 Å². The minimum Gasteiger partial charge on any atom is -0.348 e. The van der Waals surface area contributed by atoms with Crippen LogP contribution in [-0.4, -0.2) is 26.3 Å². The number of nitrogens with zero attached hydrogens (tertiary/aromatic N) is 3. The third kappa shape index (κ3) is 4.56. The lowest BCUT2D eigenvalue weighted by molar-refractivity contribution is 0.0933. The number of benzene rings is 2. The average Bonchev–Trinajstić information content (AvgIpc) is 2.71. The average molecular weight is 406 g/mol. The molecule has 0 unspecified atom stereocenters. The number of nitrogens with one attached hydrogen (secondary N) is 1. The summed E-state index contributed by atoms with van der Waals surface area (Å²) in [5, 5.41) is 6.81. The van der Waals surface area contributed by atoms with E-state index in [0.29, 0.717) is 11.6 Å². The van der Waals surface area contributed by atoms with Crippen molar-refractivity contribution in [2.45, 2.75) is 46.2 Å². The molecule has 3 aromatic rings. The summed E-state index contributed by atoms with van der Waals surface area (Å²) in [6.45, 7) is 7.79. The topological polar surface area (TPSA) is 86.0 Å². The smallest absolute Gasteiger partial charge is 0.348 e. The fourth-order valence-corrected chi connectivity index (χ4v) is 3.06. The van der Waals surface area contributed by atoms with Crippen LogP contribution in [0.3, 0.4) is 0 Å². The van der Waals surface area contributed by atoms with Crippen molar-refractivity contribution in [3.63, 3.8) is 0 Å². The van der Waals surface area contributed by atoms with E-state index < -0.39 is 17.2 Å². The predicted molar refractivity (Wildman–Crippen MR) is 116 cm³/mol. The fraction of sp³-hybridized carbons (Fsp3) is 0.304. The Morgan fingerprint density at radius 3 is 2.17 bits per heavy atom. The summed E-state index contributed by atoms with van der Waals surface area (Å²) in [6.07, 6.45) is 0. The van der Waals surface area contributed by atoms with Crippen molar-refractivity contribution in [3.05, 3.63) is 92.3 Å². The first-order chi connectivity index (χ1) is 14.3. The highest BCUT2D eigenvalue weighted by Crippen LogP contribution is 2.15. The van der Waals surface area contributed by atoms with Crippen molar-refractivity contribution in [1.29, 1.82) is 0 Å². The number of amides is 1. The molecule has 7 nitrogen and oxygen atoms in total. The van der Waals surface area contributed by atoms with E-state index in [9.17, 15) is 14.4 Å². The minimum atomic E-state index is -0.711. The molecule has 0 radical (unpaired) electrons. The van der Waals surface area contributed by atoms with Gasteiger partial charge in [0.05, 0.1) is 12.2 Å². The largest absolute Gasteiger partial charge is 0.352 e. The van der Waals surface area contributed by atoms with E-state index in [4.69, 9.17) is 0 Å². The van der Waals surface area contributed by atoms with Gasteiger partial charge in [0.2, 0.25) is 5.69 Å². The maximum Gasteiger partial charge on any atom is 0.352 e. The normalized spacial score (nSPS) is 11.1. The third-order valence-electron chi connectivity index (χ3n) is 4.68. The van der Waals surface area contributed by atoms with Gasteiger partial charge in [-0.2, -0.15) is 9.78 Å². The van der Waals surface area contributed by atoms with Crippen LogP contribution in [0.2, 0.25) is 0 Å². The number of aromatic nitrogens is 3. The molecular formula is C23H26N4O3. The maximum absolute atomic E-state index is 13.1. The maximum atomic E-state index is 13.1. The third-order valence-corrected chi connectivity index (χ3v) is 4.68. The van der Waals surface area contributed by atoms with E-state index in [-0.39, 0.29) is 18.3 Å². The van der Waals surface area contributed by atoms with Crippen LogP contribution < -0.4 is 16.6 Å². The lowest BCUT2D eigenvalue weighted by Gasteiger charge is -2.14. The molecule has 30 heavy (non-hydrogen) atoms. The Labute approximate surface area is 175 Å². The molecule has 1 amide bonds. The Kier molecular flexibility index (Phi) is 6.30. The van der Waals surface area contributed by atoms with Crippen LogP contribution in [0.25, 0.3) is 5.69 Å². The molecule has 1 N–H and O–H groups in total. The minimum absolute atomic E-state index is 0.0487. The summed E-state index contributed by atoms with van der Waals surface area (Å²) < 4.78 is 2.16. The van der Waals surface area contributed by atoms with Gasteiger partial charge in [0.1, 0.15) is 0 Å². The Hall–Kier alpha value is -3.48. The molecule has 0 fully saturated rings. The van der Waals surface area contributed by atoms with Crippen LogP contribution in [0.1, 0.15) is 55.2 Å². The molecule has 2 aromatic carbocycles. The Balaban J connectivity index is 2.18. The lowest BCUT2D eigenvalue weighted by atomic mass is 10.0. The van der Waals surface area contributed by atoms with Gasteiger partial charge in [-0.15, -0.1) is 0 Å². The number of carbonyl (C=O) groups is 1. The van der Waals surface area contributed by atoms with Crippen LogP contribution in [0, 0.1) is 0 Å². The number of rotatable bonds is 6. The quantitative estimate of drug-likeness (QED) is 0.682. The summed E-state index contributed by atoms with van der Waals surface area (Å²) in [7, 11) is 0. The molecule has 0 saturated carbocycles. The summed E-state index contributed by atoms with van der Waals surface area (Å²) in [5.41, 5.74) is 0.762. The van der Waals surface area contributed by atoms with Crippen LogP contribution in [-0.2, 0) is 6.54 Å². The zero-order valence-electron chi connectivity index (χ0n) is 17.6. The van der Waals surface area contributed by atoms with Gasteiger partial charge in [0.15, 0.2) is 0 Å². The highest BCUT2D eigenvalue weighted by Gasteiger charge is 2.21. The van der Waals surface area contributed by atoms with Gasteiger partial charge in [-0.05, 0) is 43.0 Å². The monoisotopic (exact) mass is 406 g/mol. The zero-order valence-corrected chi connectivity index (χ0v) is 17.6. The predicted octanol–water partition coefficient (Wildman–Crippen LogP) is 2.70. The summed E-state index contributed by atoms with van der Waals surface area (Å²) in [6, 6.07) is 16.3. The van der Waals surface area contributed by atoms with Crippen LogP contribution >= 0.6 is 0 Å². The van der Waals surface area contributed by atoms with E-state index in [2.05, 4.69) is 24.3 Å². The van der Waals surface area contributed by atoms with Crippen molar-refractivity contribution in [1.82, 2.24) is 19.7 Å². The van der Waals surface area contributed by atoms with Gasteiger partial charge >= 0.3 is 5.69 Å². The van der Waals surface area contributed by atoms with E-state index in [1.807, 2.05) is 42.5 Å². The first-order valence-electron chi connectivity index (χ1n) is 9.97. The van der Waals surface area contributed by atoms with Gasteiger partial charge in [-0.25, -0.2) is 4.79 Å². The molecule has 7 heteroatoms. The molecular weight excluding hydrogens is 380 g/mol.